The quantitative estimate of drug-likeness (QED) is 0.464. The number of phosphoric ester groups is 1. The van der Waals surface area contributed by atoms with E-state index in [4.69, 9.17) is 20.3 Å². The average molecular weight is 475 g/mol. The first-order valence-corrected chi connectivity index (χ1v) is 11.5. The summed E-state index contributed by atoms with van der Waals surface area (Å²) in [5.74, 6) is 0.117. The van der Waals surface area contributed by atoms with Crippen LogP contribution in [-0.2, 0) is 15.5 Å². The van der Waals surface area contributed by atoms with E-state index in [-0.39, 0.29) is 30.6 Å². The van der Waals surface area contributed by atoms with Crippen molar-refractivity contribution in [1.29, 1.82) is 0 Å². The molecule has 1 aliphatic rings. The number of halogens is 3. The standard InChI is InChI=1S/C21H25F3NO6P/c22-21(23,24)31-19-3-1-2-18(12-19)29-11-9-15-4-6-16(7-5-15)17-8-10-20(25,13-17)14-30-32(26,27)28/h1-7,12,17H,8-11,13-14,25H2,(H2,26,27,28)/t17-,20-/m1/s1. The molecule has 0 unspecified atom stereocenters. The van der Waals surface area contributed by atoms with Gasteiger partial charge in [-0.3, -0.25) is 4.52 Å². The molecule has 32 heavy (non-hydrogen) atoms. The Labute approximate surface area is 183 Å². The van der Waals surface area contributed by atoms with Crippen LogP contribution >= 0.6 is 7.82 Å². The van der Waals surface area contributed by atoms with Gasteiger partial charge in [-0.1, -0.05) is 30.3 Å². The molecule has 2 aromatic rings. The first-order valence-electron chi connectivity index (χ1n) is 9.97. The van der Waals surface area contributed by atoms with Crippen molar-refractivity contribution in [2.75, 3.05) is 13.2 Å². The Hall–Kier alpha value is -2.10. The maximum Gasteiger partial charge on any atom is 0.573 e. The molecule has 0 spiro atoms. The van der Waals surface area contributed by atoms with Gasteiger partial charge in [-0.15, -0.1) is 13.2 Å². The molecule has 0 radical (unpaired) electrons. The second-order valence-electron chi connectivity index (χ2n) is 7.93. The summed E-state index contributed by atoms with van der Waals surface area (Å²) in [6, 6.07) is 13.2. The minimum absolute atomic E-state index is 0.169. The lowest BCUT2D eigenvalue weighted by Crippen LogP contribution is -2.41. The Morgan fingerprint density at radius 2 is 1.81 bits per heavy atom. The van der Waals surface area contributed by atoms with Gasteiger partial charge in [0.1, 0.15) is 11.5 Å². The van der Waals surface area contributed by atoms with Crippen LogP contribution in [0.25, 0.3) is 0 Å². The summed E-state index contributed by atoms with van der Waals surface area (Å²) in [6.45, 7) is 0.0856. The summed E-state index contributed by atoms with van der Waals surface area (Å²) < 4.78 is 61.9. The molecule has 3 rings (SSSR count). The zero-order valence-electron chi connectivity index (χ0n) is 17.1. The van der Waals surface area contributed by atoms with Gasteiger partial charge in [-0.25, -0.2) is 4.57 Å². The van der Waals surface area contributed by atoms with E-state index in [1.165, 1.54) is 18.2 Å². The van der Waals surface area contributed by atoms with E-state index in [9.17, 15) is 17.7 Å². The van der Waals surface area contributed by atoms with Gasteiger partial charge in [0.25, 0.3) is 0 Å². The molecule has 1 aliphatic carbocycles. The van der Waals surface area contributed by atoms with Crippen molar-refractivity contribution < 1.29 is 41.5 Å². The first kappa shape index (κ1) is 24.5. The van der Waals surface area contributed by atoms with E-state index in [1.54, 1.807) is 6.07 Å². The van der Waals surface area contributed by atoms with Gasteiger partial charge in [-0.2, -0.15) is 0 Å². The average Bonchev–Trinajstić information content (AvgIpc) is 3.08. The maximum atomic E-state index is 12.3. The molecule has 0 aliphatic heterocycles. The van der Waals surface area contributed by atoms with E-state index in [0.29, 0.717) is 19.3 Å². The summed E-state index contributed by atoms with van der Waals surface area (Å²) in [5, 5.41) is 0. The van der Waals surface area contributed by atoms with Crippen molar-refractivity contribution >= 4 is 7.82 Å². The van der Waals surface area contributed by atoms with Gasteiger partial charge in [0.05, 0.1) is 13.2 Å². The lowest BCUT2D eigenvalue weighted by molar-refractivity contribution is -0.274. The molecular weight excluding hydrogens is 450 g/mol. The van der Waals surface area contributed by atoms with Crippen LogP contribution in [0.5, 0.6) is 11.5 Å². The van der Waals surface area contributed by atoms with Crippen molar-refractivity contribution in [1.82, 2.24) is 0 Å². The lowest BCUT2D eigenvalue weighted by atomic mass is 9.93. The number of nitrogens with two attached hydrogens (primary N) is 1. The summed E-state index contributed by atoms with van der Waals surface area (Å²) >= 11 is 0. The highest BCUT2D eigenvalue weighted by molar-refractivity contribution is 7.46. The monoisotopic (exact) mass is 475 g/mol. The van der Waals surface area contributed by atoms with Gasteiger partial charge in [0.2, 0.25) is 0 Å². The predicted molar refractivity (Wildman–Crippen MR) is 110 cm³/mol. The summed E-state index contributed by atoms with van der Waals surface area (Å²) in [6.07, 6.45) is -2.24. The number of hydrogen-bond donors (Lipinski definition) is 3. The van der Waals surface area contributed by atoms with Crippen molar-refractivity contribution in [3.63, 3.8) is 0 Å². The first-order chi connectivity index (χ1) is 14.9. The van der Waals surface area contributed by atoms with Crippen LogP contribution in [-0.4, -0.2) is 34.9 Å². The molecule has 1 saturated carbocycles. The van der Waals surface area contributed by atoms with Crippen LogP contribution in [0.4, 0.5) is 13.2 Å². The third kappa shape index (κ3) is 7.79. The third-order valence-electron chi connectivity index (χ3n) is 5.31. The molecular formula is C21H25F3NO6P. The molecule has 0 heterocycles. The van der Waals surface area contributed by atoms with Crippen LogP contribution in [0.2, 0.25) is 0 Å². The largest absolute Gasteiger partial charge is 0.573 e. The Bertz CT molecular complexity index is 949. The molecule has 2 aromatic carbocycles. The Balaban J connectivity index is 1.48. The van der Waals surface area contributed by atoms with Gasteiger partial charge in [-0.05, 0) is 48.4 Å². The topological polar surface area (TPSA) is 111 Å². The van der Waals surface area contributed by atoms with Gasteiger partial charge in [0.15, 0.2) is 0 Å². The normalized spacial score (nSPS) is 21.5. The molecule has 176 valence electrons. The van der Waals surface area contributed by atoms with E-state index in [0.717, 1.165) is 17.5 Å². The highest BCUT2D eigenvalue weighted by Crippen LogP contribution is 2.43. The van der Waals surface area contributed by atoms with Crippen molar-refractivity contribution in [2.45, 2.75) is 43.5 Å². The van der Waals surface area contributed by atoms with Crippen molar-refractivity contribution in [2.24, 2.45) is 5.73 Å². The van der Waals surface area contributed by atoms with E-state index in [2.05, 4.69) is 9.26 Å². The number of alkyl halides is 3. The fourth-order valence-electron chi connectivity index (χ4n) is 3.79. The van der Waals surface area contributed by atoms with Crippen LogP contribution < -0.4 is 15.2 Å². The highest BCUT2D eigenvalue weighted by Gasteiger charge is 2.38. The number of benzene rings is 2. The summed E-state index contributed by atoms with van der Waals surface area (Å²) in [5.41, 5.74) is 7.54. The van der Waals surface area contributed by atoms with Crippen LogP contribution in [0.15, 0.2) is 48.5 Å². The number of phosphoric acid groups is 1. The molecule has 11 heteroatoms. The van der Waals surface area contributed by atoms with E-state index >= 15 is 0 Å². The number of hydrogen-bond acceptors (Lipinski definition) is 5. The smallest absolute Gasteiger partial charge is 0.493 e. The molecule has 0 amide bonds. The van der Waals surface area contributed by atoms with Gasteiger partial charge >= 0.3 is 14.2 Å². The molecule has 2 atom stereocenters. The van der Waals surface area contributed by atoms with Crippen LogP contribution in [0.3, 0.4) is 0 Å². The minimum atomic E-state index is -4.75. The summed E-state index contributed by atoms with van der Waals surface area (Å²) in [7, 11) is -4.55. The molecule has 0 saturated heterocycles. The fraction of sp³-hybridized carbons (Fsp3) is 0.429. The van der Waals surface area contributed by atoms with E-state index < -0.39 is 19.7 Å². The second-order valence-corrected chi connectivity index (χ2v) is 9.17. The van der Waals surface area contributed by atoms with Crippen molar-refractivity contribution in [3.8, 4) is 11.5 Å². The minimum Gasteiger partial charge on any atom is -0.493 e. The second kappa shape index (κ2) is 9.80. The number of ether oxygens (including phenoxy) is 2. The molecule has 1 fully saturated rings. The van der Waals surface area contributed by atoms with Gasteiger partial charge in [0, 0.05) is 18.0 Å². The zero-order valence-corrected chi connectivity index (χ0v) is 18.0. The molecule has 7 nitrogen and oxygen atoms in total. The molecule has 0 bridgehead atoms. The van der Waals surface area contributed by atoms with Crippen LogP contribution in [0, 0.1) is 0 Å². The SMILES string of the molecule is N[C@]1(COP(=O)(O)O)CC[C@@H](c2ccc(CCOc3cccc(OC(F)(F)F)c3)cc2)C1. The molecule has 4 N–H and O–H groups in total. The predicted octanol–water partition coefficient (Wildman–Crippen LogP) is 4.28. The van der Waals surface area contributed by atoms with Gasteiger partial charge < -0.3 is 25.0 Å². The Kier molecular flexibility index (Phi) is 7.52. The fourth-order valence-corrected chi connectivity index (χ4v) is 4.21. The number of rotatable bonds is 9. The molecule has 0 aromatic heterocycles. The highest BCUT2D eigenvalue weighted by atomic mass is 31.2. The Morgan fingerprint density at radius 3 is 2.47 bits per heavy atom. The van der Waals surface area contributed by atoms with Crippen LogP contribution in [0.1, 0.15) is 36.3 Å². The van der Waals surface area contributed by atoms with E-state index in [1.807, 2.05) is 24.3 Å². The maximum absolute atomic E-state index is 12.3. The Morgan fingerprint density at radius 1 is 1.12 bits per heavy atom. The lowest BCUT2D eigenvalue weighted by Gasteiger charge is -2.24. The summed E-state index contributed by atoms with van der Waals surface area (Å²) in [4.78, 5) is 17.8. The van der Waals surface area contributed by atoms with Crippen molar-refractivity contribution in [3.05, 3.63) is 59.7 Å². The third-order valence-corrected chi connectivity index (χ3v) is 5.78. The zero-order chi connectivity index (χ0) is 23.4.